The zero-order valence-corrected chi connectivity index (χ0v) is 14.3. The van der Waals surface area contributed by atoms with Crippen LogP contribution in [0.3, 0.4) is 0 Å². The number of aliphatic hydroxyl groups is 1. The van der Waals surface area contributed by atoms with Gasteiger partial charge >= 0.3 is 6.03 Å². The molecule has 0 radical (unpaired) electrons. The van der Waals surface area contributed by atoms with Gasteiger partial charge in [0.15, 0.2) is 0 Å². The smallest absolute Gasteiger partial charge is 0.319 e. The van der Waals surface area contributed by atoms with Crippen LogP contribution in [-0.2, 0) is 0 Å². The van der Waals surface area contributed by atoms with E-state index >= 15 is 0 Å². The summed E-state index contributed by atoms with van der Waals surface area (Å²) < 4.78 is 1.90. The number of nitrogens with one attached hydrogen (secondary N) is 2. The van der Waals surface area contributed by atoms with Crippen molar-refractivity contribution < 1.29 is 9.90 Å². The largest absolute Gasteiger partial charge is 0.388 e. The number of hydrogen-bond donors (Lipinski definition) is 3. The average Bonchev–Trinajstić information content (AvgIpc) is 2.96. The maximum absolute atomic E-state index is 12.0. The van der Waals surface area contributed by atoms with Crippen LogP contribution >= 0.6 is 0 Å². The number of urea groups is 1. The van der Waals surface area contributed by atoms with Crippen LogP contribution in [0.1, 0.15) is 46.6 Å². The molecule has 6 nitrogen and oxygen atoms in total. The monoisotopic (exact) mass is 318 g/mol. The average molecular weight is 318 g/mol. The first kappa shape index (κ1) is 17.3. The van der Waals surface area contributed by atoms with Gasteiger partial charge in [0.05, 0.1) is 11.1 Å². The van der Waals surface area contributed by atoms with Crippen LogP contribution in [-0.4, -0.2) is 33.1 Å². The third kappa shape index (κ3) is 4.22. The van der Waals surface area contributed by atoms with Crippen LogP contribution in [0.15, 0.2) is 24.4 Å². The highest BCUT2D eigenvalue weighted by molar-refractivity contribution is 5.92. The van der Waals surface area contributed by atoms with Crippen LogP contribution < -0.4 is 10.6 Å². The number of benzene rings is 1. The van der Waals surface area contributed by atoms with E-state index in [0.29, 0.717) is 24.6 Å². The molecule has 2 aromatic rings. The van der Waals surface area contributed by atoms with Crippen molar-refractivity contribution in [3.63, 3.8) is 0 Å². The predicted octanol–water partition coefficient (Wildman–Crippen LogP) is 3.29. The Morgan fingerprint density at radius 2 is 2.04 bits per heavy atom. The van der Waals surface area contributed by atoms with Gasteiger partial charge in [-0.05, 0) is 44.9 Å². The normalized spacial score (nSPS) is 11.9. The van der Waals surface area contributed by atoms with E-state index in [4.69, 9.17) is 0 Å². The standard InChI is InChI=1S/C17H26N4O2/c1-5-17(23,6-2)11-18-16(22)19-14-7-8-15-13(9-14)10-21(20-15)12(3)4/h7-10,12,23H,5-6,11H2,1-4H3,(H2,18,19,22). The molecule has 0 aliphatic heterocycles. The molecule has 0 atom stereocenters. The van der Waals surface area contributed by atoms with Gasteiger partial charge in [-0.15, -0.1) is 0 Å². The molecule has 0 fully saturated rings. The maximum atomic E-state index is 12.0. The Bertz CT molecular complexity index is 674. The van der Waals surface area contributed by atoms with E-state index in [1.54, 1.807) is 0 Å². The zero-order chi connectivity index (χ0) is 17.0. The number of fused-ring (bicyclic) bond motifs is 1. The van der Waals surface area contributed by atoms with Crippen LogP contribution in [0.25, 0.3) is 10.9 Å². The summed E-state index contributed by atoms with van der Waals surface area (Å²) in [5, 5.41) is 21.2. The Kier molecular flexibility index (Phi) is 5.26. The molecule has 1 aromatic carbocycles. The third-order valence-corrected chi connectivity index (χ3v) is 4.20. The second-order valence-electron chi connectivity index (χ2n) is 6.22. The molecule has 2 amide bonds. The lowest BCUT2D eigenvalue weighted by atomic mass is 9.98. The third-order valence-electron chi connectivity index (χ3n) is 4.20. The first-order chi connectivity index (χ1) is 10.9. The molecule has 0 unspecified atom stereocenters. The van der Waals surface area contributed by atoms with E-state index in [9.17, 15) is 9.90 Å². The molecular weight excluding hydrogens is 292 g/mol. The van der Waals surface area contributed by atoms with Crippen LogP contribution in [0.2, 0.25) is 0 Å². The first-order valence-electron chi connectivity index (χ1n) is 8.13. The molecule has 0 saturated carbocycles. The first-order valence-corrected chi connectivity index (χ1v) is 8.13. The molecule has 0 bridgehead atoms. The SMILES string of the molecule is CCC(O)(CC)CNC(=O)Nc1ccc2nn(C(C)C)cc2c1. The molecule has 2 rings (SSSR count). The van der Waals surface area contributed by atoms with Crippen LogP contribution in [0, 0.1) is 0 Å². The van der Waals surface area contributed by atoms with Crippen molar-refractivity contribution in [2.75, 3.05) is 11.9 Å². The fourth-order valence-electron chi connectivity index (χ4n) is 2.31. The minimum absolute atomic E-state index is 0.235. The Labute approximate surface area is 136 Å². The van der Waals surface area contributed by atoms with Crippen molar-refractivity contribution in [3.8, 4) is 0 Å². The molecule has 1 aromatic heterocycles. The molecule has 0 saturated heterocycles. The van der Waals surface area contributed by atoms with Crippen LogP contribution in [0.5, 0.6) is 0 Å². The number of hydrogen-bond acceptors (Lipinski definition) is 3. The highest BCUT2D eigenvalue weighted by atomic mass is 16.3. The van der Waals surface area contributed by atoms with Crippen LogP contribution in [0.4, 0.5) is 10.5 Å². The molecule has 1 heterocycles. The highest BCUT2D eigenvalue weighted by Gasteiger charge is 2.22. The quantitative estimate of drug-likeness (QED) is 0.764. The molecule has 3 N–H and O–H groups in total. The fourth-order valence-corrected chi connectivity index (χ4v) is 2.31. The lowest BCUT2D eigenvalue weighted by molar-refractivity contribution is 0.0354. The predicted molar refractivity (Wildman–Crippen MR) is 92.7 cm³/mol. The summed E-state index contributed by atoms with van der Waals surface area (Å²) in [6, 6.07) is 5.58. The summed E-state index contributed by atoms with van der Waals surface area (Å²) in [6.45, 7) is 8.19. The molecule has 0 aliphatic rings. The second-order valence-corrected chi connectivity index (χ2v) is 6.22. The number of carbonyl (C=O) groups excluding carboxylic acids is 1. The van der Waals surface area contributed by atoms with E-state index in [0.717, 1.165) is 10.9 Å². The zero-order valence-electron chi connectivity index (χ0n) is 14.3. The van der Waals surface area contributed by atoms with Crippen molar-refractivity contribution in [3.05, 3.63) is 24.4 Å². The summed E-state index contributed by atoms with van der Waals surface area (Å²) in [4.78, 5) is 12.0. The van der Waals surface area contributed by atoms with Crippen molar-refractivity contribution in [2.45, 2.75) is 52.2 Å². The van der Waals surface area contributed by atoms with Gasteiger partial charge in [0, 0.05) is 29.9 Å². The Hall–Kier alpha value is -2.08. The molecule has 0 spiro atoms. The summed E-state index contributed by atoms with van der Waals surface area (Å²) in [6.07, 6.45) is 3.17. The minimum Gasteiger partial charge on any atom is -0.388 e. The van der Waals surface area contributed by atoms with E-state index in [2.05, 4.69) is 29.6 Å². The topological polar surface area (TPSA) is 79.2 Å². The molecule has 23 heavy (non-hydrogen) atoms. The van der Waals surface area contributed by atoms with Gasteiger partial charge in [-0.3, -0.25) is 4.68 Å². The summed E-state index contributed by atoms with van der Waals surface area (Å²) in [7, 11) is 0. The van der Waals surface area contributed by atoms with Gasteiger partial charge in [0.25, 0.3) is 0 Å². The van der Waals surface area contributed by atoms with Crippen molar-refractivity contribution >= 4 is 22.6 Å². The van der Waals surface area contributed by atoms with Crippen molar-refractivity contribution in [1.29, 1.82) is 0 Å². The number of nitrogens with zero attached hydrogens (tertiary/aromatic N) is 2. The van der Waals surface area contributed by atoms with E-state index in [-0.39, 0.29) is 12.6 Å². The summed E-state index contributed by atoms with van der Waals surface area (Å²) >= 11 is 0. The Balaban J connectivity index is 2.02. The number of amides is 2. The van der Waals surface area contributed by atoms with Gasteiger partial charge < -0.3 is 15.7 Å². The highest BCUT2D eigenvalue weighted by Crippen LogP contribution is 2.20. The summed E-state index contributed by atoms with van der Waals surface area (Å²) in [5.41, 5.74) is 0.755. The van der Waals surface area contributed by atoms with Crippen molar-refractivity contribution in [2.24, 2.45) is 0 Å². The molecular formula is C17H26N4O2. The maximum Gasteiger partial charge on any atom is 0.319 e. The van der Waals surface area contributed by atoms with E-state index in [1.165, 1.54) is 0 Å². The minimum atomic E-state index is -0.848. The Morgan fingerprint density at radius 1 is 1.35 bits per heavy atom. The lowest BCUT2D eigenvalue weighted by Gasteiger charge is -2.25. The Morgan fingerprint density at radius 3 is 2.65 bits per heavy atom. The number of carbonyl (C=O) groups is 1. The molecule has 0 aliphatic carbocycles. The van der Waals surface area contributed by atoms with Crippen molar-refractivity contribution in [1.82, 2.24) is 15.1 Å². The number of rotatable bonds is 6. The van der Waals surface area contributed by atoms with E-state index in [1.807, 2.05) is 42.9 Å². The van der Waals surface area contributed by atoms with Gasteiger partial charge in [0.2, 0.25) is 0 Å². The molecule has 6 heteroatoms. The van der Waals surface area contributed by atoms with Gasteiger partial charge in [0.1, 0.15) is 0 Å². The summed E-state index contributed by atoms with van der Waals surface area (Å²) in [5.74, 6) is 0. The van der Waals surface area contributed by atoms with E-state index < -0.39 is 5.60 Å². The fraction of sp³-hybridized carbons (Fsp3) is 0.529. The molecule has 126 valence electrons. The van der Waals surface area contributed by atoms with Gasteiger partial charge in [-0.25, -0.2) is 4.79 Å². The second kappa shape index (κ2) is 7.00. The number of aromatic nitrogens is 2. The van der Waals surface area contributed by atoms with Gasteiger partial charge in [-0.1, -0.05) is 13.8 Å². The lowest BCUT2D eigenvalue weighted by Crippen LogP contribution is -2.43. The number of anilines is 1. The van der Waals surface area contributed by atoms with Gasteiger partial charge in [-0.2, -0.15) is 5.10 Å².